The lowest BCUT2D eigenvalue weighted by atomic mass is 10.1. The SMILES string of the molecule is CNc1cc2nc3c(cnn13)C(=O)NCCCc1cc(C)cc(c1)N2.CNc1cc2nc3c(cnn13)C(=O)NCCc1cccc(c1)N2. The highest BCUT2D eigenvalue weighted by Gasteiger charge is 2.19. The molecule has 2 amide bonds. The Morgan fingerprint density at radius 2 is 1.29 bits per heavy atom. The molecule has 48 heavy (non-hydrogen) atoms. The first kappa shape index (κ1) is 30.5. The van der Waals surface area contributed by atoms with Crippen molar-refractivity contribution in [2.24, 2.45) is 0 Å². The fourth-order valence-corrected chi connectivity index (χ4v) is 5.91. The zero-order valence-electron chi connectivity index (χ0n) is 26.9. The summed E-state index contributed by atoms with van der Waals surface area (Å²) in [5.41, 5.74) is 7.54. The first-order valence-electron chi connectivity index (χ1n) is 15.8. The summed E-state index contributed by atoms with van der Waals surface area (Å²) in [6.07, 6.45) is 5.67. The summed E-state index contributed by atoms with van der Waals surface area (Å²) in [5, 5.41) is 27.3. The summed E-state index contributed by atoms with van der Waals surface area (Å²) in [4.78, 5) is 34.0. The van der Waals surface area contributed by atoms with Crippen LogP contribution < -0.4 is 31.9 Å². The van der Waals surface area contributed by atoms with Crippen LogP contribution in [0.1, 0.15) is 43.8 Å². The van der Waals surface area contributed by atoms with Crippen molar-refractivity contribution in [1.82, 2.24) is 39.8 Å². The van der Waals surface area contributed by atoms with E-state index in [4.69, 9.17) is 0 Å². The van der Waals surface area contributed by atoms with Crippen LogP contribution in [0.3, 0.4) is 0 Å². The molecule has 2 aliphatic heterocycles. The van der Waals surface area contributed by atoms with E-state index >= 15 is 0 Å². The molecule has 14 nitrogen and oxygen atoms in total. The van der Waals surface area contributed by atoms with Gasteiger partial charge in [-0.15, -0.1) is 0 Å². The Hall–Kier alpha value is -6.18. The Balaban J connectivity index is 0.000000152. The van der Waals surface area contributed by atoms with Gasteiger partial charge in [-0.05, 0) is 67.1 Å². The zero-order chi connectivity index (χ0) is 33.2. The van der Waals surface area contributed by atoms with Gasteiger partial charge in [0, 0.05) is 50.7 Å². The number of aryl methyl sites for hydroxylation is 2. The fourth-order valence-electron chi connectivity index (χ4n) is 5.91. The molecule has 6 N–H and O–H groups in total. The van der Waals surface area contributed by atoms with Crippen molar-refractivity contribution in [2.75, 3.05) is 48.5 Å². The molecule has 8 rings (SSSR count). The van der Waals surface area contributed by atoms with Gasteiger partial charge in [-0.1, -0.05) is 18.2 Å². The number of hydrogen-bond donors (Lipinski definition) is 6. The molecule has 0 saturated carbocycles. The predicted molar refractivity (Wildman–Crippen MR) is 186 cm³/mol. The topological polar surface area (TPSA) is 167 Å². The highest BCUT2D eigenvalue weighted by Crippen LogP contribution is 2.25. The summed E-state index contributed by atoms with van der Waals surface area (Å²) >= 11 is 0. The van der Waals surface area contributed by atoms with E-state index in [1.54, 1.807) is 21.4 Å². The lowest BCUT2D eigenvalue weighted by Crippen LogP contribution is -2.26. The summed E-state index contributed by atoms with van der Waals surface area (Å²) in [6.45, 7) is 3.27. The van der Waals surface area contributed by atoms with Crippen LogP contribution in [0.2, 0.25) is 0 Å². The number of carbonyl (C=O) groups excluding carboxylic acids is 2. The van der Waals surface area contributed by atoms with Crippen LogP contribution in [0, 0.1) is 6.92 Å². The highest BCUT2D eigenvalue weighted by molar-refractivity contribution is 6.00. The Bertz CT molecular complexity index is 2170. The molecule has 0 radical (unpaired) electrons. The van der Waals surface area contributed by atoms with Crippen LogP contribution >= 0.6 is 0 Å². The molecule has 0 saturated heterocycles. The van der Waals surface area contributed by atoms with Crippen molar-refractivity contribution >= 4 is 57.8 Å². The van der Waals surface area contributed by atoms with Crippen LogP contribution in [0.4, 0.5) is 34.6 Å². The number of nitrogens with one attached hydrogen (secondary N) is 6. The van der Waals surface area contributed by atoms with Gasteiger partial charge in [-0.2, -0.15) is 19.2 Å². The monoisotopic (exact) mass is 644 g/mol. The standard InChI is InChI=1S/C18H20N6O.C16H16N6O/c1-11-6-12-4-3-5-20-18(25)14-10-21-24-16(19-2)9-15(23-17(14)24)22-13(7-11)8-12;1-17-14-8-13-20-11-4-2-3-10(7-11)5-6-18-16(23)12-9-19-22(14)15(12)21-13/h6-10,19H,3-5H2,1-2H3,(H,20,25)(H,22,23);2-4,7-9,17H,5-6H2,1H3,(H,18,23)(H,20,21). The fraction of sp³-hybridized carbons (Fsp3) is 0.235. The highest BCUT2D eigenvalue weighted by atomic mass is 16.2. The summed E-state index contributed by atoms with van der Waals surface area (Å²) in [5.74, 6) is 2.53. The Morgan fingerprint density at radius 3 is 1.94 bits per heavy atom. The molecule has 0 spiro atoms. The molecule has 2 aliphatic rings. The second kappa shape index (κ2) is 12.9. The van der Waals surface area contributed by atoms with Crippen LogP contribution in [0.25, 0.3) is 11.3 Å². The normalized spacial score (nSPS) is 14.1. The van der Waals surface area contributed by atoms with Gasteiger partial charge in [0.15, 0.2) is 11.3 Å². The zero-order valence-corrected chi connectivity index (χ0v) is 26.9. The van der Waals surface area contributed by atoms with Gasteiger partial charge in [-0.3, -0.25) is 9.59 Å². The minimum atomic E-state index is -0.163. The van der Waals surface area contributed by atoms with E-state index in [1.807, 2.05) is 44.4 Å². The minimum absolute atomic E-state index is 0.149. The molecular formula is C34H36N12O2. The van der Waals surface area contributed by atoms with Gasteiger partial charge < -0.3 is 31.9 Å². The first-order chi connectivity index (χ1) is 23.4. The molecule has 244 valence electrons. The molecule has 0 unspecified atom stereocenters. The largest absolute Gasteiger partial charge is 0.373 e. The molecule has 14 heteroatoms. The third-order valence-electron chi connectivity index (χ3n) is 8.18. The molecule has 6 heterocycles. The van der Waals surface area contributed by atoms with Crippen molar-refractivity contribution in [3.05, 3.63) is 94.8 Å². The number of nitrogens with zero attached hydrogens (tertiary/aromatic N) is 6. The van der Waals surface area contributed by atoms with Crippen LogP contribution in [0.5, 0.6) is 0 Å². The predicted octanol–water partition coefficient (Wildman–Crippen LogP) is 4.30. The number of rotatable bonds is 2. The second-order valence-electron chi connectivity index (χ2n) is 11.7. The number of carbonyl (C=O) groups is 2. The third-order valence-corrected chi connectivity index (χ3v) is 8.18. The first-order valence-corrected chi connectivity index (χ1v) is 15.8. The summed E-state index contributed by atoms with van der Waals surface area (Å²) in [7, 11) is 3.63. The van der Waals surface area contributed by atoms with Gasteiger partial charge in [0.1, 0.15) is 34.4 Å². The molecule has 8 bridgehead atoms. The molecule has 4 aromatic heterocycles. The second-order valence-corrected chi connectivity index (χ2v) is 11.7. The number of anilines is 6. The maximum Gasteiger partial charge on any atom is 0.256 e. The van der Waals surface area contributed by atoms with Gasteiger partial charge in [-0.25, -0.2) is 9.97 Å². The van der Waals surface area contributed by atoms with E-state index in [2.05, 4.69) is 83.3 Å². The van der Waals surface area contributed by atoms with Crippen molar-refractivity contribution in [3.8, 4) is 0 Å². The lowest BCUT2D eigenvalue weighted by molar-refractivity contribution is 0.0946. The number of benzene rings is 2. The smallest absolute Gasteiger partial charge is 0.256 e. The van der Waals surface area contributed by atoms with E-state index in [9.17, 15) is 9.59 Å². The maximum absolute atomic E-state index is 12.5. The number of amides is 2. The van der Waals surface area contributed by atoms with E-state index in [-0.39, 0.29) is 11.8 Å². The van der Waals surface area contributed by atoms with Gasteiger partial charge in [0.2, 0.25) is 0 Å². The maximum atomic E-state index is 12.5. The van der Waals surface area contributed by atoms with Crippen LogP contribution in [-0.4, -0.2) is 68.2 Å². The van der Waals surface area contributed by atoms with Gasteiger partial charge in [0.05, 0.1) is 12.4 Å². The van der Waals surface area contributed by atoms with Crippen LogP contribution in [-0.2, 0) is 12.8 Å². The molecular weight excluding hydrogens is 608 g/mol. The molecule has 0 aliphatic carbocycles. The lowest BCUT2D eigenvalue weighted by Gasteiger charge is -2.12. The molecule has 6 aromatic rings. The third kappa shape index (κ3) is 6.15. The van der Waals surface area contributed by atoms with Crippen LogP contribution in [0.15, 0.2) is 67.0 Å². The van der Waals surface area contributed by atoms with Crippen molar-refractivity contribution in [1.29, 1.82) is 0 Å². The number of fused-ring (bicyclic) bond motifs is 6. The minimum Gasteiger partial charge on any atom is -0.373 e. The average Bonchev–Trinajstić information content (AvgIpc) is 3.70. The molecule has 2 aromatic carbocycles. The number of hydrogen-bond acceptors (Lipinski definition) is 10. The number of aromatic nitrogens is 6. The quantitative estimate of drug-likeness (QED) is 0.160. The summed E-state index contributed by atoms with van der Waals surface area (Å²) < 4.78 is 3.27. The summed E-state index contributed by atoms with van der Waals surface area (Å²) in [6, 6.07) is 18.2. The van der Waals surface area contributed by atoms with Gasteiger partial charge >= 0.3 is 0 Å². The van der Waals surface area contributed by atoms with Crippen molar-refractivity contribution in [3.63, 3.8) is 0 Å². The molecule has 0 atom stereocenters. The van der Waals surface area contributed by atoms with Crippen molar-refractivity contribution in [2.45, 2.75) is 26.2 Å². The van der Waals surface area contributed by atoms with E-state index < -0.39 is 0 Å². The van der Waals surface area contributed by atoms with Crippen molar-refractivity contribution < 1.29 is 9.59 Å². The molecule has 0 fully saturated rings. The van der Waals surface area contributed by atoms with Gasteiger partial charge in [0.25, 0.3) is 11.8 Å². The van der Waals surface area contributed by atoms with E-state index in [1.165, 1.54) is 11.1 Å². The Morgan fingerprint density at radius 1 is 0.688 bits per heavy atom. The Labute approximate surface area is 276 Å². The average molecular weight is 645 g/mol. The Kier molecular flexibility index (Phi) is 8.19. The van der Waals surface area contributed by atoms with E-state index in [0.29, 0.717) is 47.1 Å². The van der Waals surface area contributed by atoms with E-state index in [0.717, 1.165) is 47.8 Å².